The van der Waals surface area contributed by atoms with Crippen LogP contribution in [0.25, 0.3) is 44.2 Å². The first kappa shape index (κ1) is 22.6. The standard InChI is InChI=1S/C33H31BrO/c1-31(2)25-18-24(27(34)19-26(25)32(3,4)33(31,5)6)21-15-16-23-29(17-21)35-28-14-10-13-22(30(23)28)20-11-8-7-9-12-20/h7-19H,1-6H3. The van der Waals surface area contributed by atoms with Crippen molar-refractivity contribution in [2.75, 3.05) is 0 Å². The summed E-state index contributed by atoms with van der Waals surface area (Å²) in [6.07, 6.45) is 0. The van der Waals surface area contributed by atoms with Crippen LogP contribution in [0.2, 0.25) is 0 Å². The second-order valence-electron chi connectivity index (χ2n) is 11.6. The van der Waals surface area contributed by atoms with E-state index >= 15 is 0 Å². The van der Waals surface area contributed by atoms with Gasteiger partial charge in [0.2, 0.25) is 0 Å². The molecule has 0 spiro atoms. The van der Waals surface area contributed by atoms with Crippen LogP contribution in [-0.4, -0.2) is 0 Å². The maximum absolute atomic E-state index is 6.40. The van der Waals surface area contributed by atoms with E-state index in [1.165, 1.54) is 38.8 Å². The van der Waals surface area contributed by atoms with Gasteiger partial charge in [0, 0.05) is 15.2 Å². The highest BCUT2D eigenvalue weighted by atomic mass is 79.9. The molecule has 0 amide bonds. The highest BCUT2D eigenvalue weighted by Crippen LogP contribution is 2.62. The van der Waals surface area contributed by atoms with Crippen molar-refractivity contribution in [3.05, 3.63) is 94.5 Å². The normalized spacial score (nSPS) is 17.7. The largest absolute Gasteiger partial charge is 0.456 e. The van der Waals surface area contributed by atoms with Crippen LogP contribution in [0.4, 0.5) is 0 Å². The molecule has 1 aliphatic carbocycles. The average molecular weight is 524 g/mol. The molecule has 0 saturated carbocycles. The number of benzene rings is 4. The Balaban J connectivity index is 1.55. The number of halogens is 1. The Kier molecular flexibility index (Phi) is 4.74. The number of hydrogen-bond acceptors (Lipinski definition) is 1. The van der Waals surface area contributed by atoms with Crippen LogP contribution < -0.4 is 0 Å². The van der Waals surface area contributed by atoms with E-state index in [1.54, 1.807) is 0 Å². The van der Waals surface area contributed by atoms with Gasteiger partial charge in [0.1, 0.15) is 11.2 Å². The Morgan fingerprint density at radius 2 is 1.29 bits per heavy atom. The topological polar surface area (TPSA) is 13.1 Å². The van der Waals surface area contributed by atoms with Gasteiger partial charge in [-0.05, 0) is 80.0 Å². The predicted octanol–water partition coefficient (Wildman–Crippen LogP) is 10.3. The van der Waals surface area contributed by atoms with Crippen molar-refractivity contribution in [1.82, 2.24) is 0 Å². The van der Waals surface area contributed by atoms with Crippen molar-refractivity contribution in [2.24, 2.45) is 5.41 Å². The molecule has 6 rings (SSSR count). The Morgan fingerprint density at radius 1 is 0.600 bits per heavy atom. The number of hydrogen-bond donors (Lipinski definition) is 0. The van der Waals surface area contributed by atoms with Gasteiger partial charge in [-0.2, -0.15) is 0 Å². The van der Waals surface area contributed by atoms with E-state index in [4.69, 9.17) is 4.42 Å². The smallest absolute Gasteiger partial charge is 0.136 e. The van der Waals surface area contributed by atoms with E-state index in [2.05, 4.69) is 136 Å². The fourth-order valence-electron chi connectivity index (χ4n) is 6.13. The van der Waals surface area contributed by atoms with Gasteiger partial charge in [-0.1, -0.05) is 106 Å². The third-order valence-electron chi connectivity index (χ3n) is 9.47. The zero-order chi connectivity index (χ0) is 24.8. The molecule has 0 atom stereocenters. The van der Waals surface area contributed by atoms with Crippen LogP contribution >= 0.6 is 15.9 Å². The van der Waals surface area contributed by atoms with Crippen molar-refractivity contribution in [1.29, 1.82) is 0 Å². The molecule has 0 bridgehead atoms. The fraction of sp³-hybridized carbons (Fsp3) is 0.273. The Morgan fingerprint density at radius 3 is 2.00 bits per heavy atom. The zero-order valence-electron chi connectivity index (χ0n) is 21.3. The number of rotatable bonds is 2. The quantitative estimate of drug-likeness (QED) is 0.224. The first-order valence-corrected chi connectivity index (χ1v) is 13.2. The number of furan rings is 1. The summed E-state index contributed by atoms with van der Waals surface area (Å²) in [5.74, 6) is 0. The van der Waals surface area contributed by atoms with Crippen molar-refractivity contribution < 1.29 is 4.42 Å². The Bertz CT molecular complexity index is 1620. The van der Waals surface area contributed by atoms with Gasteiger partial charge < -0.3 is 4.42 Å². The van der Waals surface area contributed by atoms with E-state index in [0.717, 1.165) is 21.0 Å². The summed E-state index contributed by atoms with van der Waals surface area (Å²) < 4.78 is 7.54. The molecule has 176 valence electrons. The molecule has 0 unspecified atom stereocenters. The second kappa shape index (κ2) is 7.34. The molecule has 0 radical (unpaired) electrons. The van der Waals surface area contributed by atoms with E-state index in [-0.39, 0.29) is 16.2 Å². The predicted molar refractivity (Wildman–Crippen MR) is 152 cm³/mol. The van der Waals surface area contributed by atoms with Crippen LogP contribution in [0.5, 0.6) is 0 Å². The van der Waals surface area contributed by atoms with Crippen LogP contribution in [-0.2, 0) is 10.8 Å². The van der Waals surface area contributed by atoms with Gasteiger partial charge in [-0.25, -0.2) is 0 Å². The zero-order valence-corrected chi connectivity index (χ0v) is 22.9. The molecule has 4 aromatic carbocycles. The molecule has 35 heavy (non-hydrogen) atoms. The lowest BCUT2D eigenvalue weighted by molar-refractivity contribution is 0.125. The summed E-state index contributed by atoms with van der Waals surface area (Å²) in [5.41, 5.74) is 9.84. The van der Waals surface area contributed by atoms with Gasteiger partial charge in [-0.3, -0.25) is 0 Å². The lowest BCUT2D eigenvalue weighted by Gasteiger charge is -2.44. The van der Waals surface area contributed by atoms with E-state index in [1.807, 2.05) is 0 Å². The SMILES string of the molecule is CC1(C)c2cc(Br)c(-c3ccc4c(c3)oc3cccc(-c5ccccc5)c34)cc2C(C)(C)C1(C)C. The lowest BCUT2D eigenvalue weighted by atomic mass is 9.59. The molecule has 1 aliphatic rings. The molecule has 1 aromatic heterocycles. The monoisotopic (exact) mass is 522 g/mol. The Labute approximate surface area is 216 Å². The van der Waals surface area contributed by atoms with Gasteiger partial charge in [0.15, 0.2) is 0 Å². The molecule has 0 saturated heterocycles. The molecule has 0 fully saturated rings. The highest BCUT2D eigenvalue weighted by molar-refractivity contribution is 9.10. The summed E-state index contributed by atoms with van der Waals surface area (Å²) in [5, 5.41) is 2.33. The van der Waals surface area contributed by atoms with Crippen molar-refractivity contribution in [2.45, 2.75) is 52.4 Å². The van der Waals surface area contributed by atoms with Gasteiger partial charge in [0.05, 0.1) is 0 Å². The van der Waals surface area contributed by atoms with Crippen molar-refractivity contribution >= 4 is 37.9 Å². The summed E-state index contributed by atoms with van der Waals surface area (Å²) in [6, 6.07) is 28.3. The maximum Gasteiger partial charge on any atom is 0.136 e. The molecule has 0 aliphatic heterocycles. The Hall–Kier alpha value is -2.84. The van der Waals surface area contributed by atoms with Gasteiger partial charge >= 0.3 is 0 Å². The van der Waals surface area contributed by atoms with Gasteiger partial charge in [0.25, 0.3) is 0 Å². The minimum Gasteiger partial charge on any atom is -0.456 e. The molecular weight excluding hydrogens is 492 g/mol. The summed E-state index contributed by atoms with van der Waals surface area (Å²) in [7, 11) is 0. The molecule has 5 aromatic rings. The fourth-order valence-corrected chi connectivity index (χ4v) is 6.71. The minimum atomic E-state index is 0.0648. The second-order valence-corrected chi connectivity index (χ2v) is 12.5. The molecular formula is C33H31BrO. The number of fused-ring (bicyclic) bond motifs is 4. The third kappa shape index (κ3) is 2.99. The molecule has 0 N–H and O–H groups in total. The molecule has 2 heteroatoms. The van der Waals surface area contributed by atoms with Crippen LogP contribution in [0.15, 0.2) is 87.8 Å². The first-order valence-electron chi connectivity index (χ1n) is 12.4. The van der Waals surface area contributed by atoms with Crippen molar-refractivity contribution in [3.63, 3.8) is 0 Å². The highest BCUT2D eigenvalue weighted by Gasteiger charge is 2.56. The van der Waals surface area contributed by atoms with E-state index < -0.39 is 0 Å². The summed E-state index contributed by atoms with van der Waals surface area (Å²) in [6.45, 7) is 14.4. The molecule has 1 nitrogen and oxygen atoms in total. The van der Waals surface area contributed by atoms with Crippen molar-refractivity contribution in [3.8, 4) is 22.3 Å². The molecule has 1 heterocycles. The van der Waals surface area contributed by atoms with Crippen LogP contribution in [0.3, 0.4) is 0 Å². The van der Waals surface area contributed by atoms with E-state index in [9.17, 15) is 0 Å². The first-order chi connectivity index (χ1) is 16.5. The maximum atomic E-state index is 6.40. The lowest BCUT2D eigenvalue weighted by Crippen LogP contribution is -2.42. The van der Waals surface area contributed by atoms with Crippen LogP contribution in [0.1, 0.15) is 52.7 Å². The third-order valence-corrected chi connectivity index (χ3v) is 10.1. The van der Waals surface area contributed by atoms with E-state index in [0.29, 0.717) is 0 Å². The average Bonchev–Trinajstić information content (AvgIpc) is 3.25. The summed E-state index contributed by atoms with van der Waals surface area (Å²) in [4.78, 5) is 0. The van der Waals surface area contributed by atoms with Crippen LogP contribution in [0, 0.1) is 5.41 Å². The summed E-state index contributed by atoms with van der Waals surface area (Å²) >= 11 is 3.92. The van der Waals surface area contributed by atoms with Gasteiger partial charge in [-0.15, -0.1) is 0 Å². The minimum absolute atomic E-state index is 0.0648.